The first kappa shape index (κ1) is 17.3. The second kappa shape index (κ2) is 8.02. The summed E-state index contributed by atoms with van der Waals surface area (Å²) in [5.41, 5.74) is 1.47. The van der Waals surface area contributed by atoms with Gasteiger partial charge in [-0.05, 0) is 17.7 Å². The predicted octanol–water partition coefficient (Wildman–Crippen LogP) is 2.07. The van der Waals surface area contributed by atoms with E-state index in [2.05, 4.69) is 30.8 Å². The van der Waals surface area contributed by atoms with E-state index < -0.39 is 6.04 Å². The van der Waals surface area contributed by atoms with E-state index in [-0.39, 0.29) is 24.2 Å². The molecule has 0 saturated heterocycles. The van der Waals surface area contributed by atoms with E-state index in [0.717, 1.165) is 5.56 Å². The molecule has 2 amide bonds. The van der Waals surface area contributed by atoms with Crippen molar-refractivity contribution in [1.82, 2.24) is 25.5 Å². The van der Waals surface area contributed by atoms with Crippen LogP contribution in [0.2, 0.25) is 0 Å². The lowest BCUT2D eigenvalue weighted by Crippen LogP contribution is -2.29. The molecule has 0 aliphatic rings. The highest BCUT2D eigenvalue weighted by Gasteiger charge is 2.18. The lowest BCUT2D eigenvalue weighted by molar-refractivity contribution is -0.120. The second-order valence-corrected chi connectivity index (χ2v) is 5.64. The van der Waals surface area contributed by atoms with Crippen molar-refractivity contribution in [2.45, 2.75) is 19.4 Å². The number of pyridine rings is 1. The van der Waals surface area contributed by atoms with Gasteiger partial charge < -0.3 is 5.32 Å². The summed E-state index contributed by atoms with van der Waals surface area (Å²) in [6.45, 7) is 1.42. The molecule has 3 N–H and O–H groups in total. The third-order valence-corrected chi connectivity index (χ3v) is 3.61. The fourth-order valence-electron chi connectivity index (χ4n) is 2.48. The van der Waals surface area contributed by atoms with Gasteiger partial charge in [-0.15, -0.1) is 5.10 Å². The normalized spacial score (nSPS) is 11.6. The molecule has 0 aliphatic heterocycles. The van der Waals surface area contributed by atoms with E-state index in [1.807, 2.05) is 36.4 Å². The van der Waals surface area contributed by atoms with Gasteiger partial charge in [-0.25, -0.2) is 0 Å². The number of carbonyl (C=O) groups is 2. The fraction of sp³-hybridized carbons (Fsp3) is 0.167. The number of nitrogens with one attached hydrogen (secondary N) is 3. The van der Waals surface area contributed by atoms with Crippen molar-refractivity contribution in [2.75, 3.05) is 5.32 Å². The molecule has 0 saturated carbocycles. The Morgan fingerprint density at radius 2 is 1.88 bits per heavy atom. The summed E-state index contributed by atoms with van der Waals surface area (Å²) in [6.07, 6.45) is 1.71. The average molecular weight is 350 g/mol. The van der Waals surface area contributed by atoms with Gasteiger partial charge >= 0.3 is 0 Å². The number of nitrogens with zero attached hydrogens (tertiary/aromatic N) is 3. The van der Waals surface area contributed by atoms with Gasteiger partial charge in [0, 0.05) is 13.1 Å². The molecule has 0 aliphatic carbocycles. The van der Waals surface area contributed by atoms with Gasteiger partial charge in [0.1, 0.15) is 5.69 Å². The van der Waals surface area contributed by atoms with E-state index in [4.69, 9.17) is 0 Å². The quantitative estimate of drug-likeness (QED) is 0.630. The Labute approximate surface area is 150 Å². The molecule has 2 heterocycles. The van der Waals surface area contributed by atoms with Gasteiger partial charge in [0.05, 0.1) is 12.5 Å². The lowest BCUT2D eigenvalue weighted by atomic mass is 10.0. The predicted molar refractivity (Wildman–Crippen MR) is 95.9 cm³/mol. The summed E-state index contributed by atoms with van der Waals surface area (Å²) in [6, 6.07) is 14.3. The van der Waals surface area contributed by atoms with Gasteiger partial charge in [0.25, 0.3) is 0 Å². The van der Waals surface area contributed by atoms with E-state index >= 15 is 0 Å². The first-order valence-corrected chi connectivity index (χ1v) is 8.07. The second-order valence-electron chi connectivity index (χ2n) is 5.64. The van der Waals surface area contributed by atoms with Crippen LogP contribution in [0.4, 0.5) is 5.95 Å². The van der Waals surface area contributed by atoms with E-state index in [9.17, 15) is 9.59 Å². The highest BCUT2D eigenvalue weighted by atomic mass is 16.2. The summed E-state index contributed by atoms with van der Waals surface area (Å²) < 4.78 is 0. The number of H-pyrrole nitrogens is 1. The van der Waals surface area contributed by atoms with Gasteiger partial charge in [-0.3, -0.25) is 25.0 Å². The average Bonchev–Trinajstić information content (AvgIpc) is 3.10. The molecule has 3 aromatic rings. The number of aromatic amines is 1. The minimum atomic E-state index is -0.428. The molecule has 1 atom stereocenters. The van der Waals surface area contributed by atoms with Crippen molar-refractivity contribution in [1.29, 1.82) is 0 Å². The first-order chi connectivity index (χ1) is 12.6. The van der Waals surface area contributed by atoms with Crippen LogP contribution >= 0.6 is 0 Å². The Morgan fingerprint density at radius 1 is 1.12 bits per heavy atom. The highest BCUT2D eigenvalue weighted by Crippen LogP contribution is 2.18. The molecule has 8 nitrogen and oxygen atoms in total. The smallest absolute Gasteiger partial charge is 0.249 e. The maximum Gasteiger partial charge on any atom is 0.249 e. The van der Waals surface area contributed by atoms with Crippen LogP contribution in [-0.4, -0.2) is 32.0 Å². The number of amides is 2. The SMILES string of the molecule is CC(=O)NC(CC(=O)Nc1n[nH]c(-c2ccccn2)n1)c1ccccc1. The molecule has 1 aromatic carbocycles. The van der Waals surface area contributed by atoms with Crippen molar-refractivity contribution in [3.8, 4) is 11.5 Å². The number of benzene rings is 1. The molecule has 132 valence electrons. The Bertz CT molecular complexity index is 879. The van der Waals surface area contributed by atoms with Crippen LogP contribution in [0.25, 0.3) is 11.5 Å². The van der Waals surface area contributed by atoms with Crippen LogP contribution in [-0.2, 0) is 9.59 Å². The molecule has 8 heteroatoms. The van der Waals surface area contributed by atoms with Crippen LogP contribution in [0.1, 0.15) is 24.9 Å². The Balaban J connectivity index is 1.67. The first-order valence-electron chi connectivity index (χ1n) is 8.07. The van der Waals surface area contributed by atoms with Gasteiger partial charge in [-0.1, -0.05) is 36.4 Å². The Morgan fingerprint density at radius 3 is 2.58 bits per heavy atom. The van der Waals surface area contributed by atoms with Crippen LogP contribution in [0.3, 0.4) is 0 Å². The van der Waals surface area contributed by atoms with E-state index in [1.165, 1.54) is 6.92 Å². The number of hydrogen-bond acceptors (Lipinski definition) is 5. The third-order valence-electron chi connectivity index (χ3n) is 3.61. The standard InChI is InChI=1S/C18H18N6O2/c1-12(25)20-15(13-7-3-2-4-8-13)11-16(26)21-18-22-17(23-24-18)14-9-5-6-10-19-14/h2-10,15H,11H2,1H3,(H,20,25)(H2,21,22,23,24,26). The molecule has 0 spiro atoms. The van der Waals surface area contributed by atoms with Crippen LogP contribution < -0.4 is 10.6 Å². The highest BCUT2D eigenvalue weighted by molar-refractivity contribution is 5.90. The maximum atomic E-state index is 12.4. The Kier molecular flexibility index (Phi) is 5.33. The van der Waals surface area contributed by atoms with Crippen molar-refractivity contribution >= 4 is 17.8 Å². The van der Waals surface area contributed by atoms with Crippen LogP contribution in [0, 0.1) is 0 Å². The number of carbonyl (C=O) groups excluding carboxylic acids is 2. The molecular formula is C18H18N6O2. The molecular weight excluding hydrogens is 332 g/mol. The van der Waals surface area contributed by atoms with Gasteiger partial charge in [-0.2, -0.15) is 4.98 Å². The Hall–Kier alpha value is -3.55. The molecule has 2 aromatic heterocycles. The number of hydrogen-bond donors (Lipinski definition) is 3. The third kappa shape index (κ3) is 4.50. The summed E-state index contributed by atoms with van der Waals surface area (Å²) in [4.78, 5) is 32.2. The van der Waals surface area contributed by atoms with E-state index in [1.54, 1.807) is 18.3 Å². The summed E-state index contributed by atoms with van der Waals surface area (Å²) in [5, 5.41) is 12.1. The van der Waals surface area contributed by atoms with Crippen molar-refractivity contribution in [3.63, 3.8) is 0 Å². The molecule has 0 bridgehead atoms. The largest absolute Gasteiger partial charge is 0.349 e. The van der Waals surface area contributed by atoms with Crippen LogP contribution in [0.15, 0.2) is 54.7 Å². The minimum absolute atomic E-state index is 0.0665. The molecule has 1 unspecified atom stereocenters. The number of anilines is 1. The van der Waals surface area contributed by atoms with E-state index in [0.29, 0.717) is 11.5 Å². The van der Waals surface area contributed by atoms with Gasteiger partial charge in [0.2, 0.25) is 17.8 Å². The van der Waals surface area contributed by atoms with Crippen molar-refractivity contribution in [2.24, 2.45) is 0 Å². The topological polar surface area (TPSA) is 113 Å². The number of rotatable bonds is 6. The molecule has 3 rings (SSSR count). The fourth-order valence-corrected chi connectivity index (χ4v) is 2.48. The molecule has 0 radical (unpaired) electrons. The lowest BCUT2D eigenvalue weighted by Gasteiger charge is -2.17. The molecule has 26 heavy (non-hydrogen) atoms. The summed E-state index contributed by atoms with van der Waals surface area (Å²) in [5.74, 6) is 0.105. The molecule has 0 fully saturated rings. The zero-order valence-corrected chi connectivity index (χ0v) is 14.1. The van der Waals surface area contributed by atoms with Crippen molar-refractivity contribution < 1.29 is 9.59 Å². The zero-order chi connectivity index (χ0) is 18.4. The van der Waals surface area contributed by atoms with Gasteiger partial charge in [0.15, 0.2) is 5.82 Å². The minimum Gasteiger partial charge on any atom is -0.349 e. The zero-order valence-electron chi connectivity index (χ0n) is 14.1. The monoisotopic (exact) mass is 350 g/mol. The maximum absolute atomic E-state index is 12.4. The van der Waals surface area contributed by atoms with Crippen LogP contribution in [0.5, 0.6) is 0 Å². The number of aromatic nitrogens is 4. The summed E-state index contributed by atoms with van der Waals surface area (Å²) >= 11 is 0. The van der Waals surface area contributed by atoms with Crippen molar-refractivity contribution in [3.05, 3.63) is 60.3 Å². The summed E-state index contributed by atoms with van der Waals surface area (Å²) in [7, 11) is 0.